The number of rotatable bonds is 9. The number of unbranched alkanes of at least 4 members (excludes halogenated alkanes) is 1. The van der Waals surface area contributed by atoms with Crippen LogP contribution in [0.1, 0.15) is 39.2 Å². The SMILES string of the molecule is CN(CCCCN1SC(O)N(Cc2ccccc2)C1O)CC(=O)OC(C)(C)C. The monoisotopic (exact) mass is 411 g/mol. The van der Waals surface area contributed by atoms with Gasteiger partial charge in [0.05, 0.1) is 6.54 Å². The summed E-state index contributed by atoms with van der Waals surface area (Å²) in [7, 11) is 1.90. The van der Waals surface area contributed by atoms with Crippen molar-refractivity contribution in [1.82, 2.24) is 14.1 Å². The second-order valence-electron chi connectivity index (χ2n) is 8.11. The van der Waals surface area contributed by atoms with E-state index < -0.39 is 17.5 Å². The molecule has 0 aromatic heterocycles. The molecule has 0 bridgehead atoms. The number of benzene rings is 1. The number of esters is 1. The average Bonchev–Trinajstić information content (AvgIpc) is 2.85. The molecule has 2 N–H and O–H groups in total. The Bertz CT molecular complexity index is 611. The first-order valence-corrected chi connectivity index (χ1v) is 10.5. The highest BCUT2D eigenvalue weighted by Gasteiger charge is 2.37. The van der Waals surface area contributed by atoms with Gasteiger partial charge in [0.2, 0.25) is 0 Å². The number of carbonyl (C=O) groups excluding carboxylic acids is 1. The van der Waals surface area contributed by atoms with Crippen LogP contribution in [0.2, 0.25) is 0 Å². The topological polar surface area (TPSA) is 76.5 Å². The van der Waals surface area contributed by atoms with E-state index in [0.717, 1.165) is 24.9 Å². The summed E-state index contributed by atoms with van der Waals surface area (Å²) in [4.78, 5) is 15.4. The molecule has 0 radical (unpaired) electrons. The van der Waals surface area contributed by atoms with Crippen LogP contribution in [0.3, 0.4) is 0 Å². The Morgan fingerprint density at radius 2 is 1.89 bits per heavy atom. The highest BCUT2D eigenvalue weighted by Crippen LogP contribution is 2.33. The molecule has 1 heterocycles. The zero-order valence-corrected chi connectivity index (χ0v) is 18.1. The lowest BCUT2D eigenvalue weighted by Gasteiger charge is -2.25. The molecule has 0 spiro atoms. The first-order chi connectivity index (χ1) is 13.2. The molecule has 2 rings (SSSR count). The van der Waals surface area contributed by atoms with Gasteiger partial charge in [0.25, 0.3) is 0 Å². The minimum absolute atomic E-state index is 0.222. The van der Waals surface area contributed by atoms with Gasteiger partial charge in [-0.2, -0.15) is 0 Å². The lowest BCUT2D eigenvalue weighted by molar-refractivity contribution is -0.155. The number of hydrogen-bond acceptors (Lipinski definition) is 8. The van der Waals surface area contributed by atoms with E-state index >= 15 is 0 Å². The molecule has 2 unspecified atom stereocenters. The average molecular weight is 412 g/mol. The van der Waals surface area contributed by atoms with Crippen LogP contribution in [0.15, 0.2) is 30.3 Å². The van der Waals surface area contributed by atoms with Gasteiger partial charge >= 0.3 is 5.97 Å². The number of hydrogen-bond donors (Lipinski definition) is 2. The number of carbonyl (C=O) groups is 1. The fourth-order valence-electron chi connectivity index (χ4n) is 2.96. The van der Waals surface area contributed by atoms with Crippen LogP contribution in [0.4, 0.5) is 0 Å². The Balaban J connectivity index is 1.68. The zero-order valence-electron chi connectivity index (χ0n) is 17.2. The largest absolute Gasteiger partial charge is 0.459 e. The summed E-state index contributed by atoms with van der Waals surface area (Å²) in [5.41, 5.74) is -0.176. The van der Waals surface area contributed by atoms with Crippen molar-refractivity contribution in [2.24, 2.45) is 0 Å². The molecule has 0 saturated carbocycles. The third kappa shape index (κ3) is 7.69. The maximum absolute atomic E-state index is 11.8. The van der Waals surface area contributed by atoms with E-state index in [0.29, 0.717) is 13.1 Å². The normalized spacial score (nSPS) is 21.4. The summed E-state index contributed by atoms with van der Waals surface area (Å²) in [5.74, 6) is -0.222. The first-order valence-electron chi connectivity index (χ1n) is 9.65. The number of aliphatic hydroxyl groups is 2. The van der Waals surface area contributed by atoms with E-state index in [-0.39, 0.29) is 12.5 Å². The molecule has 1 aromatic rings. The van der Waals surface area contributed by atoms with Crippen LogP contribution in [0.25, 0.3) is 0 Å². The standard InChI is InChI=1S/C20H33N3O4S/c1-20(2,3)27-17(24)15-21(4)12-8-9-13-23-18(25)22(19(26)28-23)14-16-10-6-5-7-11-16/h5-7,10-11,18-19,25-26H,8-9,12-15H2,1-4H3. The fourth-order valence-corrected chi connectivity index (χ4v) is 3.97. The predicted molar refractivity (Wildman–Crippen MR) is 111 cm³/mol. The van der Waals surface area contributed by atoms with Crippen LogP contribution >= 0.6 is 11.9 Å². The summed E-state index contributed by atoms with van der Waals surface area (Å²) in [6.07, 6.45) is 0.923. The Hall–Kier alpha value is -1.16. The van der Waals surface area contributed by atoms with Crippen LogP contribution < -0.4 is 0 Å². The van der Waals surface area contributed by atoms with Crippen LogP contribution in [-0.2, 0) is 16.1 Å². The molecule has 0 amide bonds. The molecule has 8 heteroatoms. The third-order valence-corrected chi connectivity index (χ3v) is 5.36. The highest BCUT2D eigenvalue weighted by molar-refractivity contribution is 7.97. The van der Waals surface area contributed by atoms with Gasteiger partial charge in [-0.25, -0.2) is 9.21 Å². The molecule has 158 valence electrons. The van der Waals surface area contributed by atoms with Crippen molar-refractivity contribution in [3.8, 4) is 0 Å². The van der Waals surface area contributed by atoms with Gasteiger partial charge in [0.1, 0.15) is 5.60 Å². The number of nitrogens with zero attached hydrogens (tertiary/aromatic N) is 3. The van der Waals surface area contributed by atoms with E-state index in [2.05, 4.69) is 0 Å². The lowest BCUT2D eigenvalue weighted by Crippen LogP contribution is -2.40. The van der Waals surface area contributed by atoms with Gasteiger partial charge in [-0.15, -0.1) is 0 Å². The van der Waals surface area contributed by atoms with E-state index in [9.17, 15) is 15.0 Å². The van der Waals surface area contributed by atoms with E-state index in [4.69, 9.17) is 4.74 Å². The Morgan fingerprint density at radius 1 is 1.21 bits per heavy atom. The number of likely N-dealkylation sites (N-methyl/N-ethyl adjacent to an activating group) is 1. The minimum atomic E-state index is -0.820. The highest BCUT2D eigenvalue weighted by atomic mass is 32.2. The first kappa shape index (κ1) is 23.1. The van der Waals surface area contributed by atoms with Gasteiger partial charge in [0.15, 0.2) is 11.9 Å². The summed E-state index contributed by atoms with van der Waals surface area (Å²) in [6, 6.07) is 9.80. The maximum Gasteiger partial charge on any atom is 0.320 e. The van der Waals surface area contributed by atoms with Crippen molar-refractivity contribution in [3.05, 3.63) is 35.9 Å². The Kier molecular flexibility index (Phi) is 8.73. The molecule has 28 heavy (non-hydrogen) atoms. The van der Waals surface area contributed by atoms with Crippen molar-refractivity contribution < 1.29 is 19.7 Å². The molecule has 1 aromatic carbocycles. The quantitative estimate of drug-likeness (QED) is 0.363. The maximum atomic E-state index is 11.8. The minimum Gasteiger partial charge on any atom is -0.459 e. The fraction of sp³-hybridized carbons (Fsp3) is 0.650. The van der Waals surface area contributed by atoms with E-state index in [1.165, 1.54) is 11.9 Å². The smallest absolute Gasteiger partial charge is 0.320 e. The Labute approximate surface area is 172 Å². The molecule has 1 aliphatic rings. The van der Waals surface area contributed by atoms with Crippen molar-refractivity contribution in [3.63, 3.8) is 0 Å². The molecule has 7 nitrogen and oxygen atoms in total. The van der Waals surface area contributed by atoms with Crippen molar-refractivity contribution >= 4 is 17.9 Å². The Morgan fingerprint density at radius 3 is 2.54 bits per heavy atom. The molecule has 1 saturated heterocycles. The number of aliphatic hydroxyl groups excluding tert-OH is 2. The second kappa shape index (κ2) is 10.6. The van der Waals surface area contributed by atoms with Crippen molar-refractivity contribution in [2.45, 2.75) is 57.7 Å². The summed E-state index contributed by atoms with van der Waals surface area (Å²) in [5, 5.41) is 20.8. The van der Waals surface area contributed by atoms with Gasteiger partial charge in [-0.3, -0.25) is 9.69 Å². The molecule has 2 atom stereocenters. The zero-order chi connectivity index (χ0) is 20.7. The number of ether oxygens (including phenoxy) is 1. The predicted octanol–water partition coefficient (Wildman–Crippen LogP) is 2.06. The molecule has 1 aliphatic heterocycles. The van der Waals surface area contributed by atoms with E-state index in [1.807, 2.05) is 67.4 Å². The molecular formula is C20H33N3O4S. The van der Waals surface area contributed by atoms with Gasteiger partial charge in [-0.1, -0.05) is 30.3 Å². The van der Waals surface area contributed by atoms with Crippen LogP contribution in [0.5, 0.6) is 0 Å². The van der Waals surface area contributed by atoms with Crippen molar-refractivity contribution in [2.75, 3.05) is 26.7 Å². The van der Waals surface area contributed by atoms with Gasteiger partial charge in [-0.05, 0) is 64.7 Å². The molecule has 1 fully saturated rings. The second-order valence-corrected chi connectivity index (χ2v) is 9.21. The third-order valence-electron chi connectivity index (χ3n) is 4.26. The van der Waals surface area contributed by atoms with Gasteiger partial charge < -0.3 is 14.9 Å². The summed E-state index contributed by atoms with van der Waals surface area (Å²) < 4.78 is 7.13. The van der Waals surface area contributed by atoms with Crippen LogP contribution in [0, 0.1) is 0 Å². The van der Waals surface area contributed by atoms with Gasteiger partial charge in [0, 0.05) is 13.1 Å². The summed E-state index contributed by atoms with van der Waals surface area (Å²) >= 11 is 1.25. The van der Waals surface area contributed by atoms with Crippen molar-refractivity contribution in [1.29, 1.82) is 0 Å². The van der Waals surface area contributed by atoms with Crippen LogP contribution in [-0.4, -0.2) is 74.5 Å². The molecular weight excluding hydrogens is 378 g/mol. The van der Waals surface area contributed by atoms with E-state index in [1.54, 1.807) is 4.90 Å². The lowest BCUT2D eigenvalue weighted by atomic mass is 10.2. The summed E-state index contributed by atoms with van der Waals surface area (Å²) in [6.45, 7) is 7.77. The molecule has 0 aliphatic carbocycles.